The molecule has 0 bridgehead atoms. The molecule has 2 saturated heterocycles. The van der Waals surface area contributed by atoms with Gasteiger partial charge in [0, 0.05) is 5.54 Å². The van der Waals surface area contributed by atoms with Gasteiger partial charge in [-0.05, 0) is 20.8 Å². The Hall–Kier alpha value is -0.520. The van der Waals surface area contributed by atoms with Crippen LogP contribution in [0.5, 0.6) is 0 Å². The predicted molar refractivity (Wildman–Crippen MR) is 89.8 cm³/mol. The Labute approximate surface area is 166 Å². The van der Waals surface area contributed by atoms with Crippen LogP contribution in [0.25, 0.3) is 0 Å². The first kappa shape index (κ1) is 24.7. The van der Waals surface area contributed by atoms with Gasteiger partial charge in [-0.3, -0.25) is 0 Å². The molecule has 29 heavy (non-hydrogen) atoms. The minimum absolute atomic E-state index is 0.231. The van der Waals surface area contributed by atoms with E-state index in [1.54, 1.807) is 0 Å². The third-order valence-corrected chi connectivity index (χ3v) is 5.03. The van der Waals surface area contributed by atoms with Gasteiger partial charge in [-0.2, -0.15) is 0 Å². The molecule has 0 aromatic carbocycles. The molecule has 0 spiro atoms. The van der Waals surface area contributed by atoms with E-state index in [9.17, 15) is 46.1 Å². The van der Waals surface area contributed by atoms with Crippen LogP contribution in [0.1, 0.15) is 20.8 Å². The first-order valence-corrected chi connectivity index (χ1v) is 9.08. The van der Waals surface area contributed by atoms with Crippen molar-refractivity contribution in [1.29, 1.82) is 0 Å². The molecule has 0 amide bonds. The lowest BCUT2D eigenvalue weighted by Gasteiger charge is -2.43. The molecule has 13 nitrogen and oxygen atoms in total. The van der Waals surface area contributed by atoms with Crippen LogP contribution in [0.15, 0.2) is 0 Å². The van der Waals surface area contributed by atoms with Gasteiger partial charge in [0.25, 0.3) is 0 Å². The molecule has 2 aliphatic rings. The van der Waals surface area contributed by atoms with E-state index in [2.05, 4.69) is 0 Å². The highest BCUT2D eigenvalue weighted by Crippen LogP contribution is 2.38. The van der Waals surface area contributed by atoms with Crippen molar-refractivity contribution in [3.8, 4) is 0 Å². The smallest absolute Gasteiger partial charge is 0.224 e. The summed E-state index contributed by atoms with van der Waals surface area (Å²) in [4.78, 5) is 0. The number of aliphatic hydroxyl groups excluding tert-OH is 8. The summed E-state index contributed by atoms with van der Waals surface area (Å²) in [5, 5.41) is 92.1. The van der Waals surface area contributed by atoms with Gasteiger partial charge in [-0.25, -0.2) is 0 Å². The number of hydrogen-bond acceptors (Lipinski definition) is 12. The molecular weight excluding hydrogens is 398 g/mol. The fourth-order valence-corrected chi connectivity index (χ4v) is 3.20. The average Bonchev–Trinajstić information content (AvgIpc) is 2.92. The molecule has 0 aliphatic carbocycles. The number of hydroxylamine groups is 2. The molecule has 1 unspecified atom stereocenters. The van der Waals surface area contributed by atoms with Crippen molar-refractivity contribution < 1.29 is 60.3 Å². The van der Waals surface area contributed by atoms with E-state index >= 15 is 0 Å². The van der Waals surface area contributed by atoms with E-state index in [0.29, 0.717) is 0 Å². The highest BCUT2D eigenvalue weighted by atomic mass is 16.8. The van der Waals surface area contributed by atoms with E-state index in [1.165, 1.54) is 20.8 Å². The first-order valence-electron chi connectivity index (χ1n) is 9.08. The van der Waals surface area contributed by atoms with Crippen molar-refractivity contribution in [3.63, 3.8) is 0 Å². The molecule has 1 radical (unpaired) electrons. The topological polar surface area (TPSA) is 213 Å². The van der Waals surface area contributed by atoms with Gasteiger partial charge in [-0.15, -0.1) is 10.3 Å². The Balaban J connectivity index is 2.24. The normalized spacial score (nSPS) is 45.0. The number of aliphatic hydroxyl groups is 8. The lowest BCUT2D eigenvalue weighted by atomic mass is 9.98. The SMILES string of the molecule is CC(C)(C)N([O])C(O)[C@H]1O[C@@](CO)(O[C@@H]2O[C@H](CO)[C@@H](O)[C@H](O)[C@H]2O)[C@@H](O)[C@@H]1O. The fraction of sp³-hybridized carbons (Fsp3) is 1.00. The minimum Gasteiger partial charge on any atom is -0.394 e. The molecule has 2 fully saturated rings. The summed E-state index contributed by atoms with van der Waals surface area (Å²) < 4.78 is 15.8. The Morgan fingerprint density at radius 3 is 2.10 bits per heavy atom. The minimum atomic E-state index is -2.45. The number of nitrogens with zero attached hydrogens (tertiary/aromatic N) is 1. The number of hydrogen-bond donors (Lipinski definition) is 8. The van der Waals surface area contributed by atoms with Gasteiger partial charge in [0.2, 0.25) is 5.79 Å². The van der Waals surface area contributed by atoms with Crippen molar-refractivity contribution in [3.05, 3.63) is 0 Å². The largest absolute Gasteiger partial charge is 0.394 e. The lowest BCUT2D eigenvalue weighted by molar-refractivity contribution is -0.392. The van der Waals surface area contributed by atoms with E-state index in [0.717, 1.165) is 0 Å². The zero-order valence-electron chi connectivity index (χ0n) is 16.3. The van der Waals surface area contributed by atoms with Gasteiger partial charge in [0.05, 0.1) is 6.61 Å². The molecule has 8 N–H and O–H groups in total. The van der Waals surface area contributed by atoms with Gasteiger partial charge >= 0.3 is 0 Å². The van der Waals surface area contributed by atoms with Crippen LogP contribution in [0.4, 0.5) is 0 Å². The predicted octanol–water partition coefficient (Wildman–Crippen LogP) is -4.62. The molecule has 2 heterocycles. The maximum Gasteiger partial charge on any atom is 0.224 e. The molecule has 2 rings (SSSR count). The summed E-state index contributed by atoms with van der Waals surface area (Å²) in [6.45, 7) is 2.62. The van der Waals surface area contributed by atoms with Crippen molar-refractivity contribution in [2.24, 2.45) is 0 Å². The second-order valence-corrected chi connectivity index (χ2v) is 8.21. The van der Waals surface area contributed by atoms with E-state index < -0.39 is 79.8 Å². The molecule has 171 valence electrons. The van der Waals surface area contributed by atoms with Crippen molar-refractivity contribution in [1.82, 2.24) is 5.06 Å². The summed E-state index contributed by atoms with van der Waals surface area (Å²) in [6, 6.07) is 0. The van der Waals surface area contributed by atoms with E-state index in [4.69, 9.17) is 14.2 Å². The van der Waals surface area contributed by atoms with Crippen molar-refractivity contribution >= 4 is 0 Å². The zero-order valence-corrected chi connectivity index (χ0v) is 16.3. The summed E-state index contributed by atoms with van der Waals surface area (Å²) in [5.74, 6) is -2.45. The quantitative estimate of drug-likeness (QED) is 0.148. The van der Waals surface area contributed by atoms with Gasteiger partial charge in [-0.1, -0.05) is 0 Å². The van der Waals surface area contributed by atoms with Crippen LogP contribution in [0, 0.1) is 0 Å². The summed E-state index contributed by atoms with van der Waals surface area (Å²) in [7, 11) is 0. The highest BCUT2D eigenvalue weighted by Gasteiger charge is 2.61. The summed E-state index contributed by atoms with van der Waals surface area (Å²) in [6.07, 6.45) is -16.0. The number of rotatable bonds is 6. The van der Waals surface area contributed by atoms with E-state index in [1.807, 2.05) is 0 Å². The standard InChI is InChI=1S/C16H30NO12/c1-15(2,3)17(26)13(25)11-10(23)12(24)16(5-19,28-11)29-14-9(22)8(21)7(20)6(4-18)27-14/h6-14,18-25H,4-5H2,1-3H3/t6-,7-,8+,9-,10-,11+,12+,13?,14+,16+/m1/s1. The molecule has 0 aromatic rings. The Morgan fingerprint density at radius 1 is 1.03 bits per heavy atom. The number of ether oxygens (including phenoxy) is 3. The van der Waals surface area contributed by atoms with Crippen LogP contribution >= 0.6 is 0 Å². The second kappa shape index (κ2) is 8.92. The van der Waals surface area contributed by atoms with Crippen molar-refractivity contribution in [2.75, 3.05) is 13.2 Å². The second-order valence-electron chi connectivity index (χ2n) is 8.21. The zero-order chi connectivity index (χ0) is 22.3. The van der Waals surface area contributed by atoms with Crippen molar-refractivity contribution in [2.45, 2.75) is 87.3 Å². The highest BCUT2D eigenvalue weighted by molar-refractivity contribution is 5.00. The summed E-state index contributed by atoms with van der Waals surface area (Å²) >= 11 is 0. The fourth-order valence-electron chi connectivity index (χ4n) is 3.20. The first-order chi connectivity index (χ1) is 13.3. The van der Waals surface area contributed by atoms with Crippen LogP contribution < -0.4 is 0 Å². The van der Waals surface area contributed by atoms with Crippen LogP contribution in [0.2, 0.25) is 0 Å². The van der Waals surface area contributed by atoms with E-state index in [-0.39, 0.29) is 5.06 Å². The van der Waals surface area contributed by atoms with Gasteiger partial charge < -0.3 is 55.1 Å². The Kier molecular flexibility index (Phi) is 7.61. The van der Waals surface area contributed by atoms with Crippen LogP contribution in [-0.4, -0.2) is 126 Å². The molecule has 0 aromatic heterocycles. The Bertz CT molecular complexity index is 544. The van der Waals surface area contributed by atoms with Crippen LogP contribution in [-0.2, 0) is 19.4 Å². The van der Waals surface area contributed by atoms with Crippen LogP contribution in [0.3, 0.4) is 0 Å². The van der Waals surface area contributed by atoms with Gasteiger partial charge in [0.1, 0.15) is 49.3 Å². The third-order valence-electron chi connectivity index (χ3n) is 5.03. The molecule has 0 saturated carbocycles. The molecule has 10 atom stereocenters. The lowest BCUT2D eigenvalue weighted by Crippen LogP contribution is -2.62. The maximum atomic E-state index is 12.2. The molecular formula is C16H30NO12. The molecule has 13 heteroatoms. The molecule has 2 aliphatic heterocycles. The maximum absolute atomic E-state index is 12.2. The monoisotopic (exact) mass is 428 g/mol. The van der Waals surface area contributed by atoms with Gasteiger partial charge in [0.15, 0.2) is 12.5 Å². The third kappa shape index (κ3) is 4.57. The average molecular weight is 428 g/mol. The Morgan fingerprint density at radius 2 is 1.62 bits per heavy atom. The summed E-state index contributed by atoms with van der Waals surface area (Å²) in [5.41, 5.74) is -1.09.